The summed E-state index contributed by atoms with van der Waals surface area (Å²) in [7, 11) is -3.73. The summed E-state index contributed by atoms with van der Waals surface area (Å²) in [5.41, 5.74) is 2.18. The van der Waals surface area contributed by atoms with E-state index in [1.54, 1.807) is 13.0 Å². The van der Waals surface area contributed by atoms with E-state index >= 15 is 0 Å². The Morgan fingerprint density at radius 2 is 1.94 bits per heavy atom. The van der Waals surface area contributed by atoms with Crippen LogP contribution in [0, 0.1) is 6.92 Å². The molecule has 0 aromatic heterocycles. The maximum atomic E-state index is 13.1. The number of hydrogen-bond donors (Lipinski definition) is 2. The molecule has 3 rings (SSSR count). The average Bonchev–Trinajstić information content (AvgIpc) is 2.79. The first-order chi connectivity index (χ1) is 15.3. The number of hydrogen-bond acceptors (Lipinski definition) is 4. The van der Waals surface area contributed by atoms with Crippen molar-refractivity contribution in [3.05, 3.63) is 77.9 Å². The van der Waals surface area contributed by atoms with Crippen LogP contribution in [0.25, 0.3) is 0 Å². The van der Waals surface area contributed by atoms with Crippen LogP contribution in [0.3, 0.4) is 0 Å². The van der Waals surface area contributed by atoms with Crippen LogP contribution in [0.15, 0.2) is 66.1 Å². The van der Waals surface area contributed by atoms with E-state index in [1.807, 2.05) is 30.3 Å². The number of nitrogens with zero attached hydrogens (tertiary/aromatic N) is 1. The minimum Gasteiger partial charge on any atom is -0.352 e. The lowest BCUT2D eigenvalue weighted by molar-refractivity contribution is -0.117. The Morgan fingerprint density at radius 3 is 2.62 bits per heavy atom. The summed E-state index contributed by atoms with van der Waals surface area (Å²) in [6.07, 6.45) is 3.27. The van der Waals surface area contributed by atoms with E-state index in [1.165, 1.54) is 22.5 Å². The topological polar surface area (TPSA) is 95.6 Å². The van der Waals surface area contributed by atoms with Crippen molar-refractivity contribution in [3.8, 4) is 0 Å². The molecule has 2 aromatic carbocycles. The molecule has 0 saturated carbocycles. The van der Waals surface area contributed by atoms with Crippen molar-refractivity contribution in [3.63, 3.8) is 0 Å². The molecule has 0 radical (unpaired) electrons. The number of carbonyl (C=O) groups excluding carboxylic acids is 2. The molecule has 0 spiro atoms. The number of benzene rings is 2. The Morgan fingerprint density at radius 1 is 1.19 bits per heavy atom. The summed E-state index contributed by atoms with van der Waals surface area (Å²) in [4.78, 5) is 24.3. The fourth-order valence-corrected chi connectivity index (χ4v) is 5.41. The lowest BCUT2D eigenvalue weighted by atomic mass is 10.1. The molecular formula is C24H29N3O4S. The maximum Gasteiger partial charge on any atom is 0.251 e. The van der Waals surface area contributed by atoms with E-state index in [2.05, 4.69) is 17.2 Å². The van der Waals surface area contributed by atoms with Crippen molar-refractivity contribution in [2.45, 2.75) is 37.1 Å². The van der Waals surface area contributed by atoms with Crippen LogP contribution in [0.4, 0.5) is 0 Å². The smallest absolute Gasteiger partial charge is 0.251 e. The number of aryl methyl sites for hydroxylation is 1. The first-order valence-electron chi connectivity index (χ1n) is 10.7. The van der Waals surface area contributed by atoms with Crippen LogP contribution in [-0.4, -0.2) is 50.2 Å². The molecule has 1 heterocycles. The van der Waals surface area contributed by atoms with Crippen LogP contribution in [0.2, 0.25) is 0 Å². The summed E-state index contributed by atoms with van der Waals surface area (Å²) in [5, 5.41) is 5.67. The van der Waals surface area contributed by atoms with E-state index in [-0.39, 0.29) is 29.3 Å². The average molecular weight is 456 g/mol. The highest BCUT2D eigenvalue weighted by molar-refractivity contribution is 7.89. The molecule has 2 aromatic rings. The van der Waals surface area contributed by atoms with Gasteiger partial charge < -0.3 is 10.6 Å². The number of rotatable bonds is 8. The number of sulfonamides is 1. The quantitative estimate of drug-likeness (QED) is 0.598. The third kappa shape index (κ3) is 5.83. The second-order valence-electron chi connectivity index (χ2n) is 7.88. The molecule has 1 saturated heterocycles. The van der Waals surface area contributed by atoms with Gasteiger partial charge >= 0.3 is 0 Å². The fourth-order valence-electron chi connectivity index (χ4n) is 3.80. The molecule has 1 atom stereocenters. The van der Waals surface area contributed by atoms with Crippen molar-refractivity contribution >= 4 is 21.8 Å². The first-order valence-corrected chi connectivity index (χ1v) is 12.1. The molecule has 2 amide bonds. The molecule has 1 fully saturated rings. The molecule has 1 aliphatic rings. The van der Waals surface area contributed by atoms with Crippen molar-refractivity contribution in [2.24, 2.45) is 0 Å². The second-order valence-corrected chi connectivity index (χ2v) is 9.82. The Labute approximate surface area is 189 Å². The Bertz CT molecular complexity index is 1080. The SMILES string of the molecule is C=CC(=O)N[C@H]1CCCN(S(=O)(=O)c2ccc(C(=O)NCCc3ccccc3)c(C)c2)C1. The van der Waals surface area contributed by atoms with Gasteiger partial charge in [0.2, 0.25) is 15.9 Å². The van der Waals surface area contributed by atoms with Gasteiger partial charge in [-0.15, -0.1) is 0 Å². The highest BCUT2D eigenvalue weighted by Gasteiger charge is 2.31. The normalized spacial score (nSPS) is 16.8. The predicted octanol–water partition coefficient (Wildman–Crippen LogP) is 2.42. The largest absolute Gasteiger partial charge is 0.352 e. The van der Waals surface area contributed by atoms with Crippen molar-refractivity contribution in [1.29, 1.82) is 0 Å². The van der Waals surface area contributed by atoms with Gasteiger partial charge in [-0.25, -0.2) is 8.42 Å². The molecule has 0 aliphatic carbocycles. The molecule has 1 aliphatic heterocycles. The van der Waals surface area contributed by atoms with Gasteiger partial charge in [0.05, 0.1) is 4.90 Å². The van der Waals surface area contributed by atoms with E-state index in [0.29, 0.717) is 37.1 Å². The van der Waals surface area contributed by atoms with E-state index in [4.69, 9.17) is 0 Å². The Hall–Kier alpha value is -2.97. The van der Waals surface area contributed by atoms with E-state index in [9.17, 15) is 18.0 Å². The zero-order chi connectivity index (χ0) is 23.1. The number of amides is 2. The third-order valence-corrected chi connectivity index (χ3v) is 7.40. The zero-order valence-electron chi connectivity index (χ0n) is 18.2. The second kappa shape index (κ2) is 10.6. The fraction of sp³-hybridized carbons (Fsp3) is 0.333. The predicted molar refractivity (Wildman–Crippen MR) is 124 cm³/mol. The van der Waals surface area contributed by atoms with Gasteiger partial charge in [0.25, 0.3) is 5.91 Å². The summed E-state index contributed by atoms with van der Waals surface area (Å²) >= 11 is 0. The standard InChI is InChI=1S/C24H29N3O4S/c1-3-23(28)26-20-10-7-15-27(17-20)32(30,31)21-11-12-22(18(2)16-21)24(29)25-14-13-19-8-5-4-6-9-19/h3-6,8-9,11-12,16,20H,1,7,10,13-15,17H2,2H3,(H,25,29)(H,26,28)/t20-/m0/s1. The number of nitrogens with one attached hydrogen (secondary N) is 2. The Balaban J connectivity index is 1.65. The molecule has 7 nitrogen and oxygen atoms in total. The molecule has 32 heavy (non-hydrogen) atoms. The molecule has 0 bridgehead atoms. The van der Waals surface area contributed by atoms with E-state index in [0.717, 1.165) is 12.0 Å². The van der Waals surface area contributed by atoms with Crippen LogP contribution in [0.5, 0.6) is 0 Å². The van der Waals surface area contributed by atoms with Gasteiger partial charge in [-0.1, -0.05) is 36.9 Å². The van der Waals surface area contributed by atoms with Crippen LogP contribution >= 0.6 is 0 Å². The molecule has 170 valence electrons. The lowest BCUT2D eigenvalue weighted by Gasteiger charge is -2.32. The minimum absolute atomic E-state index is 0.145. The van der Waals surface area contributed by atoms with Crippen LogP contribution < -0.4 is 10.6 Å². The van der Waals surface area contributed by atoms with Crippen LogP contribution in [0.1, 0.15) is 34.3 Å². The summed E-state index contributed by atoms with van der Waals surface area (Å²) in [6.45, 7) is 6.26. The third-order valence-electron chi connectivity index (χ3n) is 5.54. The van der Waals surface area contributed by atoms with Gasteiger partial charge in [-0.05, 0) is 61.6 Å². The summed E-state index contributed by atoms with van der Waals surface area (Å²) < 4.78 is 27.7. The number of piperidine rings is 1. The van der Waals surface area contributed by atoms with Crippen molar-refractivity contribution < 1.29 is 18.0 Å². The van der Waals surface area contributed by atoms with Gasteiger partial charge in [0.15, 0.2) is 0 Å². The van der Waals surface area contributed by atoms with Gasteiger partial charge in [-0.2, -0.15) is 4.31 Å². The monoisotopic (exact) mass is 455 g/mol. The van der Waals surface area contributed by atoms with Gasteiger partial charge in [-0.3, -0.25) is 9.59 Å². The van der Waals surface area contributed by atoms with Crippen molar-refractivity contribution in [1.82, 2.24) is 14.9 Å². The maximum absolute atomic E-state index is 13.1. The highest BCUT2D eigenvalue weighted by atomic mass is 32.2. The van der Waals surface area contributed by atoms with Crippen molar-refractivity contribution in [2.75, 3.05) is 19.6 Å². The summed E-state index contributed by atoms with van der Waals surface area (Å²) in [6, 6.07) is 14.2. The van der Waals surface area contributed by atoms with Crippen LogP contribution in [-0.2, 0) is 21.2 Å². The first kappa shape index (κ1) is 23.7. The number of carbonyl (C=O) groups is 2. The highest BCUT2D eigenvalue weighted by Crippen LogP contribution is 2.23. The molecule has 0 unspecified atom stereocenters. The Kier molecular flexibility index (Phi) is 7.82. The zero-order valence-corrected chi connectivity index (χ0v) is 19.0. The van der Waals surface area contributed by atoms with Gasteiger partial charge in [0, 0.05) is 31.2 Å². The van der Waals surface area contributed by atoms with Gasteiger partial charge in [0.1, 0.15) is 0 Å². The van der Waals surface area contributed by atoms with E-state index < -0.39 is 10.0 Å². The molecule has 2 N–H and O–H groups in total. The lowest BCUT2D eigenvalue weighted by Crippen LogP contribution is -2.49. The minimum atomic E-state index is -3.73. The molecular weight excluding hydrogens is 426 g/mol. The molecule has 8 heteroatoms. The summed E-state index contributed by atoms with van der Waals surface area (Å²) in [5.74, 6) is -0.541.